The Morgan fingerprint density at radius 1 is 1.00 bits per heavy atom. The van der Waals surface area contributed by atoms with E-state index in [9.17, 15) is 4.79 Å². The number of benzene rings is 2. The average molecular weight is 600 g/mol. The van der Waals surface area contributed by atoms with Crippen LogP contribution >= 0.6 is 11.6 Å². The Balaban J connectivity index is 1.46. The highest BCUT2D eigenvalue weighted by atomic mass is 35.5. The van der Waals surface area contributed by atoms with Crippen molar-refractivity contribution in [2.75, 3.05) is 18.1 Å². The van der Waals surface area contributed by atoms with Crippen LogP contribution in [0.3, 0.4) is 0 Å². The number of morpholine rings is 1. The molecular weight excluding hydrogens is 566 g/mol. The third-order valence-electron chi connectivity index (χ3n) is 8.78. The van der Waals surface area contributed by atoms with Gasteiger partial charge in [-0.3, -0.25) is 0 Å². The predicted molar refractivity (Wildman–Crippen MR) is 165 cm³/mol. The molecule has 7 rings (SSSR count). The molecule has 11 heteroatoms. The standard InChI is InChI=1S/C32H34ClN7O3/c1-19-11-13-21(14-12-19)18-40-27-25(23-9-6-10-24(33)17-23)34-29(30-37-38-32(41)43-30)35-28(27)36-31(40)39-15-16-42-20(2)26(39)22-7-4-3-5-8-22/h3-10,17,19-21,26H,11-16,18H2,1-2H3,(H,38,41)/t19?,20-,21?,26-/m0/s1. The van der Waals surface area contributed by atoms with Crippen molar-refractivity contribution in [3.8, 4) is 23.0 Å². The summed E-state index contributed by atoms with van der Waals surface area (Å²) in [6, 6.07) is 18.0. The van der Waals surface area contributed by atoms with Crippen LogP contribution in [0.4, 0.5) is 5.95 Å². The monoisotopic (exact) mass is 599 g/mol. The predicted octanol–water partition coefficient (Wildman–Crippen LogP) is 6.28. The molecule has 4 heterocycles. The van der Waals surface area contributed by atoms with E-state index in [1.165, 1.54) is 18.4 Å². The van der Waals surface area contributed by atoms with Crippen LogP contribution in [0.25, 0.3) is 34.1 Å². The second-order valence-corrected chi connectivity index (χ2v) is 12.2. The molecule has 222 valence electrons. The number of halogens is 1. The summed E-state index contributed by atoms with van der Waals surface area (Å²) >= 11 is 6.48. The number of H-pyrrole nitrogens is 1. The number of fused-ring (bicyclic) bond motifs is 1. The molecule has 1 saturated heterocycles. The second kappa shape index (κ2) is 11.6. The van der Waals surface area contributed by atoms with Gasteiger partial charge in [0, 0.05) is 23.7 Å². The molecule has 1 saturated carbocycles. The molecule has 2 atom stereocenters. The lowest BCUT2D eigenvalue weighted by Crippen LogP contribution is -2.45. The fourth-order valence-electron chi connectivity index (χ4n) is 6.59. The lowest BCUT2D eigenvalue weighted by molar-refractivity contribution is 0.0221. The van der Waals surface area contributed by atoms with Gasteiger partial charge in [0.05, 0.1) is 18.8 Å². The van der Waals surface area contributed by atoms with Crippen molar-refractivity contribution in [3.63, 3.8) is 0 Å². The van der Waals surface area contributed by atoms with Gasteiger partial charge in [0.1, 0.15) is 11.2 Å². The summed E-state index contributed by atoms with van der Waals surface area (Å²) in [4.78, 5) is 29.2. The first kappa shape index (κ1) is 27.8. The number of nitrogens with zero attached hydrogens (tertiary/aromatic N) is 6. The summed E-state index contributed by atoms with van der Waals surface area (Å²) in [5.41, 5.74) is 3.98. The van der Waals surface area contributed by atoms with E-state index in [4.69, 9.17) is 35.7 Å². The van der Waals surface area contributed by atoms with Gasteiger partial charge >= 0.3 is 5.76 Å². The van der Waals surface area contributed by atoms with Crippen LogP contribution in [0.1, 0.15) is 51.1 Å². The lowest BCUT2D eigenvalue weighted by atomic mass is 9.83. The second-order valence-electron chi connectivity index (χ2n) is 11.8. The van der Waals surface area contributed by atoms with Crippen LogP contribution in [-0.2, 0) is 11.3 Å². The highest BCUT2D eigenvalue weighted by Crippen LogP contribution is 2.40. The van der Waals surface area contributed by atoms with Crippen LogP contribution in [0, 0.1) is 11.8 Å². The highest BCUT2D eigenvalue weighted by Gasteiger charge is 2.35. The van der Waals surface area contributed by atoms with Crippen molar-refractivity contribution < 1.29 is 9.15 Å². The zero-order valence-electron chi connectivity index (χ0n) is 24.2. The molecule has 2 aromatic carbocycles. The van der Waals surface area contributed by atoms with Gasteiger partial charge in [0.2, 0.25) is 11.8 Å². The van der Waals surface area contributed by atoms with Gasteiger partial charge in [0.25, 0.3) is 5.89 Å². The van der Waals surface area contributed by atoms with Gasteiger partial charge < -0.3 is 18.6 Å². The van der Waals surface area contributed by atoms with Crippen LogP contribution < -0.4 is 10.7 Å². The van der Waals surface area contributed by atoms with E-state index in [2.05, 4.69) is 57.8 Å². The molecule has 2 aliphatic rings. The molecule has 3 aromatic heterocycles. The minimum Gasteiger partial charge on any atom is -0.384 e. The van der Waals surface area contributed by atoms with Gasteiger partial charge in [-0.25, -0.2) is 19.9 Å². The molecule has 0 bridgehead atoms. The summed E-state index contributed by atoms with van der Waals surface area (Å²) in [7, 11) is 0. The smallest absolute Gasteiger partial charge is 0.384 e. The molecule has 0 spiro atoms. The van der Waals surface area contributed by atoms with Crippen molar-refractivity contribution >= 4 is 28.7 Å². The molecule has 0 radical (unpaired) electrons. The van der Waals surface area contributed by atoms with Crippen molar-refractivity contribution in [1.82, 2.24) is 29.7 Å². The van der Waals surface area contributed by atoms with E-state index in [0.29, 0.717) is 35.4 Å². The van der Waals surface area contributed by atoms with Gasteiger partial charge in [-0.2, -0.15) is 4.98 Å². The summed E-state index contributed by atoms with van der Waals surface area (Å²) in [6.07, 6.45) is 4.70. The van der Waals surface area contributed by atoms with Gasteiger partial charge in [-0.1, -0.05) is 73.8 Å². The fourth-order valence-corrected chi connectivity index (χ4v) is 6.78. The van der Waals surface area contributed by atoms with Crippen LogP contribution in [0.15, 0.2) is 63.8 Å². The molecule has 5 aromatic rings. The number of aromatic amines is 1. The number of aromatic nitrogens is 6. The Bertz CT molecular complexity index is 1790. The van der Waals surface area contributed by atoms with Crippen LogP contribution in [-0.4, -0.2) is 49.0 Å². The molecule has 0 amide bonds. The Morgan fingerprint density at radius 3 is 2.56 bits per heavy atom. The normalized spacial score (nSPS) is 22.7. The molecular formula is C32H34ClN7O3. The van der Waals surface area contributed by atoms with E-state index < -0.39 is 5.76 Å². The minimum absolute atomic E-state index is 0.00898. The molecule has 2 fully saturated rings. The van der Waals surface area contributed by atoms with E-state index in [-0.39, 0.29) is 23.9 Å². The minimum atomic E-state index is -0.672. The van der Waals surface area contributed by atoms with Gasteiger partial charge in [0.15, 0.2) is 5.65 Å². The Labute approximate surface area is 254 Å². The Morgan fingerprint density at radius 2 is 1.81 bits per heavy atom. The summed E-state index contributed by atoms with van der Waals surface area (Å²) in [5, 5.41) is 6.92. The van der Waals surface area contributed by atoms with E-state index in [0.717, 1.165) is 42.3 Å². The topological polar surface area (TPSA) is 115 Å². The van der Waals surface area contributed by atoms with E-state index in [1.807, 2.05) is 30.3 Å². The SMILES string of the molecule is CC1CCC(Cn2c(N3CCO[C@@H](C)[C@H]3c3ccccc3)nc3nc(-c4n[nH]c(=O)o4)nc(-c4cccc(Cl)c4)c32)CC1. The summed E-state index contributed by atoms with van der Waals surface area (Å²) < 4.78 is 13.8. The van der Waals surface area contributed by atoms with Crippen LogP contribution in [0.5, 0.6) is 0 Å². The average Bonchev–Trinajstić information content (AvgIpc) is 3.61. The highest BCUT2D eigenvalue weighted by molar-refractivity contribution is 6.30. The zero-order chi connectivity index (χ0) is 29.5. The molecule has 0 unspecified atom stereocenters. The number of hydrogen-bond acceptors (Lipinski definition) is 8. The maximum Gasteiger partial charge on any atom is 0.434 e. The van der Waals surface area contributed by atoms with Crippen LogP contribution in [0.2, 0.25) is 5.02 Å². The maximum absolute atomic E-state index is 11.8. The number of rotatable bonds is 6. The Hall–Kier alpha value is -4.02. The first-order chi connectivity index (χ1) is 20.9. The molecule has 1 aliphatic heterocycles. The largest absolute Gasteiger partial charge is 0.434 e. The number of ether oxygens (including phenoxy) is 1. The molecule has 10 nitrogen and oxygen atoms in total. The third-order valence-corrected chi connectivity index (χ3v) is 9.01. The van der Waals surface area contributed by atoms with Crippen molar-refractivity contribution in [2.45, 2.75) is 58.2 Å². The van der Waals surface area contributed by atoms with Gasteiger partial charge in [-0.05, 0) is 49.3 Å². The molecule has 1 N–H and O–H groups in total. The number of anilines is 1. The van der Waals surface area contributed by atoms with Crippen molar-refractivity contribution in [3.05, 3.63) is 75.7 Å². The number of imidazole rings is 1. The number of nitrogens with one attached hydrogen (secondary N) is 1. The van der Waals surface area contributed by atoms with E-state index in [1.54, 1.807) is 0 Å². The summed E-state index contributed by atoms with van der Waals surface area (Å²) in [6.45, 7) is 6.52. The zero-order valence-corrected chi connectivity index (χ0v) is 25.0. The van der Waals surface area contributed by atoms with E-state index >= 15 is 0 Å². The summed E-state index contributed by atoms with van der Waals surface area (Å²) in [5.74, 6) is 1.59. The quantitative estimate of drug-likeness (QED) is 0.242. The first-order valence-electron chi connectivity index (χ1n) is 15.0. The fraction of sp³-hybridized carbons (Fsp3) is 0.406. The Kier molecular flexibility index (Phi) is 7.48. The molecule has 1 aliphatic carbocycles. The maximum atomic E-state index is 11.8. The first-order valence-corrected chi connectivity index (χ1v) is 15.4. The lowest BCUT2D eigenvalue weighted by Gasteiger charge is -2.41. The number of hydrogen-bond donors (Lipinski definition) is 1. The van der Waals surface area contributed by atoms with Crippen molar-refractivity contribution in [1.29, 1.82) is 0 Å². The molecule has 43 heavy (non-hydrogen) atoms. The third kappa shape index (κ3) is 5.45. The van der Waals surface area contributed by atoms with Crippen molar-refractivity contribution in [2.24, 2.45) is 11.8 Å². The van der Waals surface area contributed by atoms with Gasteiger partial charge in [-0.15, -0.1) is 5.10 Å².